The molecule has 0 saturated carbocycles. The molecule has 0 bridgehead atoms. The number of likely N-dealkylation sites (tertiary alicyclic amines) is 2. The fraction of sp³-hybridized carbons (Fsp3) is 0.632. The third kappa shape index (κ3) is 3.35. The molecule has 0 unspecified atom stereocenters. The van der Waals surface area contributed by atoms with E-state index in [-0.39, 0.29) is 5.41 Å². The van der Waals surface area contributed by atoms with Crippen molar-refractivity contribution in [3.63, 3.8) is 0 Å². The molecule has 0 aliphatic carbocycles. The van der Waals surface area contributed by atoms with Crippen molar-refractivity contribution >= 4 is 5.91 Å². The van der Waals surface area contributed by atoms with Gasteiger partial charge in [-0.1, -0.05) is 30.3 Å². The van der Waals surface area contributed by atoms with E-state index in [0.717, 1.165) is 32.6 Å². The zero-order valence-corrected chi connectivity index (χ0v) is 13.9. The van der Waals surface area contributed by atoms with E-state index in [1.165, 1.54) is 24.8 Å². The summed E-state index contributed by atoms with van der Waals surface area (Å²) in [6, 6.07) is 11.0. The van der Waals surface area contributed by atoms with Crippen LogP contribution in [0.15, 0.2) is 30.3 Å². The second-order valence-electron chi connectivity index (χ2n) is 7.36. The molecular weight excluding hydrogens is 272 g/mol. The normalized spacial score (nSPS) is 22.5. The van der Waals surface area contributed by atoms with Crippen molar-refractivity contribution in [2.45, 2.75) is 52.1 Å². The van der Waals surface area contributed by atoms with Gasteiger partial charge in [0.1, 0.15) is 0 Å². The highest BCUT2D eigenvalue weighted by Gasteiger charge is 2.41. The van der Waals surface area contributed by atoms with Gasteiger partial charge in [0, 0.05) is 25.6 Å². The Balaban J connectivity index is 1.57. The minimum atomic E-state index is 0.287. The quantitative estimate of drug-likeness (QED) is 0.855. The van der Waals surface area contributed by atoms with Crippen LogP contribution in [0.1, 0.15) is 45.1 Å². The summed E-state index contributed by atoms with van der Waals surface area (Å²) in [5.41, 5.74) is 1.52. The Morgan fingerprint density at radius 1 is 1.05 bits per heavy atom. The summed E-state index contributed by atoms with van der Waals surface area (Å²) in [6.07, 6.45) is 4.31. The zero-order valence-electron chi connectivity index (χ0n) is 13.9. The van der Waals surface area contributed by atoms with Crippen LogP contribution in [0, 0.1) is 5.41 Å². The Labute approximate surface area is 134 Å². The summed E-state index contributed by atoms with van der Waals surface area (Å²) in [5, 5.41) is 0. The van der Waals surface area contributed by atoms with E-state index in [4.69, 9.17) is 0 Å². The topological polar surface area (TPSA) is 23.6 Å². The van der Waals surface area contributed by atoms with Gasteiger partial charge in [0.25, 0.3) is 0 Å². The highest BCUT2D eigenvalue weighted by molar-refractivity contribution is 5.77. The van der Waals surface area contributed by atoms with Gasteiger partial charge in [-0.25, -0.2) is 0 Å². The number of piperidine rings is 2. The molecule has 2 saturated heterocycles. The van der Waals surface area contributed by atoms with Gasteiger partial charge in [0.15, 0.2) is 0 Å². The third-order valence-electron chi connectivity index (χ3n) is 5.60. The highest BCUT2D eigenvalue weighted by Crippen LogP contribution is 2.42. The third-order valence-corrected chi connectivity index (χ3v) is 5.60. The molecule has 0 N–H and O–H groups in total. The van der Waals surface area contributed by atoms with Crippen LogP contribution in [0.25, 0.3) is 0 Å². The molecule has 1 amide bonds. The molecule has 3 nitrogen and oxygen atoms in total. The number of rotatable bonds is 3. The van der Waals surface area contributed by atoms with Crippen LogP contribution in [0.5, 0.6) is 0 Å². The first-order valence-electron chi connectivity index (χ1n) is 8.64. The molecule has 0 atom stereocenters. The summed E-state index contributed by atoms with van der Waals surface area (Å²) in [5.74, 6) is 0.355. The van der Waals surface area contributed by atoms with Crippen LogP contribution >= 0.6 is 0 Å². The summed E-state index contributed by atoms with van der Waals surface area (Å²) in [6.45, 7) is 8.55. The summed E-state index contributed by atoms with van der Waals surface area (Å²) in [7, 11) is 0. The number of nitrogens with zero attached hydrogens (tertiary/aromatic N) is 2. The van der Waals surface area contributed by atoms with Crippen LogP contribution < -0.4 is 0 Å². The van der Waals surface area contributed by atoms with Gasteiger partial charge in [-0.3, -0.25) is 4.79 Å². The van der Waals surface area contributed by atoms with Gasteiger partial charge >= 0.3 is 0 Å². The molecule has 1 aromatic rings. The number of amides is 1. The van der Waals surface area contributed by atoms with E-state index >= 15 is 0 Å². The monoisotopic (exact) mass is 300 g/mol. The van der Waals surface area contributed by atoms with E-state index in [1.54, 1.807) is 0 Å². The molecule has 1 spiro atoms. The molecule has 120 valence electrons. The Morgan fingerprint density at radius 2 is 1.68 bits per heavy atom. The second kappa shape index (κ2) is 6.41. The van der Waals surface area contributed by atoms with Crippen LogP contribution in [0.3, 0.4) is 0 Å². The number of hydrogen-bond donors (Lipinski definition) is 0. The van der Waals surface area contributed by atoms with E-state index < -0.39 is 0 Å². The van der Waals surface area contributed by atoms with Crippen molar-refractivity contribution in [1.29, 1.82) is 0 Å². The number of carbonyl (C=O) groups excluding carboxylic acids is 1. The minimum Gasteiger partial charge on any atom is -0.338 e. The number of benzene rings is 1. The average molecular weight is 300 g/mol. The number of carbonyl (C=O) groups is 1. The number of hydrogen-bond acceptors (Lipinski definition) is 2. The maximum atomic E-state index is 12.6. The van der Waals surface area contributed by atoms with Crippen molar-refractivity contribution in [2.24, 2.45) is 5.41 Å². The lowest BCUT2D eigenvalue weighted by atomic mass is 9.70. The SMILES string of the molecule is CC(C)N1CCC2(CCN(Cc3ccccc3)C(=O)C2)CC1. The van der Waals surface area contributed by atoms with Crippen LogP contribution in [0.2, 0.25) is 0 Å². The molecular formula is C19H28N2O. The van der Waals surface area contributed by atoms with Crippen molar-refractivity contribution in [3.8, 4) is 0 Å². The van der Waals surface area contributed by atoms with E-state index in [1.807, 2.05) is 18.2 Å². The van der Waals surface area contributed by atoms with E-state index in [2.05, 4.69) is 35.8 Å². The van der Waals surface area contributed by atoms with Gasteiger partial charge in [0.2, 0.25) is 5.91 Å². The summed E-state index contributed by atoms with van der Waals surface area (Å²) >= 11 is 0. The largest absolute Gasteiger partial charge is 0.338 e. The highest BCUT2D eigenvalue weighted by atomic mass is 16.2. The van der Waals surface area contributed by atoms with E-state index in [9.17, 15) is 4.79 Å². The molecule has 2 aliphatic rings. The average Bonchev–Trinajstić information content (AvgIpc) is 2.52. The van der Waals surface area contributed by atoms with Gasteiger partial charge in [-0.2, -0.15) is 0 Å². The molecule has 3 rings (SSSR count). The van der Waals surface area contributed by atoms with Crippen LogP contribution in [-0.4, -0.2) is 41.4 Å². The summed E-state index contributed by atoms with van der Waals surface area (Å²) in [4.78, 5) is 17.2. The molecule has 3 heteroatoms. The molecule has 2 fully saturated rings. The van der Waals surface area contributed by atoms with Gasteiger partial charge in [-0.15, -0.1) is 0 Å². The second-order valence-corrected chi connectivity index (χ2v) is 7.36. The van der Waals surface area contributed by atoms with Gasteiger partial charge in [0.05, 0.1) is 0 Å². The fourth-order valence-electron chi connectivity index (χ4n) is 3.93. The van der Waals surface area contributed by atoms with E-state index in [0.29, 0.717) is 11.9 Å². The van der Waals surface area contributed by atoms with Gasteiger partial charge < -0.3 is 9.80 Å². The Morgan fingerprint density at radius 3 is 2.27 bits per heavy atom. The standard InChI is InChI=1S/C19H28N2O/c1-16(2)20-11-8-19(9-12-20)10-13-21(18(22)14-19)15-17-6-4-3-5-7-17/h3-7,16H,8-15H2,1-2H3. The molecule has 2 heterocycles. The van der Waals surface area contributed by atoms with Crippen LogP contribution in [-0.2, 0) is 11.3 Å². The van der Waals surface area contributed by atoms with Gasteiger partial charge in [-0.05, 0) is 57.2 Å². The van der Waals surface area contributed by atoms with Crippen LogP contribution in [0.4, 0.5) is 0 Å². The maximum Gasteiger partial charge on any atom is 0.223 e. The molecule has 22 heavy (non-hydrogen) atoms. The Bertz CT molecular complexity index is 503. The fourth-order valence-corrected chi connectivity index (χ4v) is 3.93. The van der Waals surface area contributed by atoms with Crippen molar-refractivity contribution < 1.29 is 4.79 Å². The predicted octanol–water partition coefficient (Wildman–Crippen LogP) is 3.30. The van der Waals surface area contributed by atoms with Crippen molar-refractivity contribution in [2.75, 3.05) is 19.6 Å². The lowest BCUT2D eigenvalue weighted by Gasteiger charge is -2.47. The first-order chi connectivity index (χ1) is 10.6. The first-order valence-corrected chi connectivity index (χ1v) is 8.64. The lowest BCUT2D eigenvalue weighted by molar-refractivity contribution is -0.140. The predicted molar refractivity (Wildman–Crippen MR) is 89.5 cm³/mol. The Kier molecular flexibility index (Phi) is 4.53. The first kappa shape index (κ1) is 15.5. The lowest BCUT2D eigenvalue weighted by Crippen LogP contribution is -2.50. The van der Waals surface area contributed by atoms with Crippen molar-refractivity contribution in [1.82, 2.24) is 9.80 Å². The Hall–Kier alpha value is -1.35. The molecule has 1 aromatic carbocycles. The smallest absolute Gasteiger partial charge is 0.223 e. The summed E-state index contributed by atoms with van der Waals surface area (Å²) < 4.78 is 0. The molecule has 2 aliphatic heterocycles. The minimum absolute atomic E-state index is 0.287. The molecule has 0 radical (unpaired) electrons. The zero-order chi connectivity index (χ0) is 15.6. The molecule has 0 aromatic heterocycles. The maximum absolute atomic E-state index is 12.6. The van der Waals surface area contributed by atoms with Crippen molar-refractivity contribution in [3.05, 3.63) is 35.9 Å².